The molecule has 2 fully saturated rings. The SMILES string of the molecule is CN=C(c1ccccc1)[C@@H]1C2CCCC2[C@@]1(OB(F)F)c1ccccc1. The lowest BCUT2D eigenvalue weighted by molar-refractivity contribution is -0.157. The minimum absolute atomic E-state index is 0.115. The molecule has 2 saturated carbocycles. The predicted molar refractivity (Wildman–Crippen MR) is 100 cm³/mol. The van der Waals surface area contributed by atoms with E-state index in [9.17, 15) is 8.63 Å². The molecule has 2 nitrogen and oxygen atoms in total. The van der Waals surface area contributed by atoms with Crippen LogP contribution in [-0.4, -0.2) is 20.2 Å². The highest BCUT2D eigenvalue weighted by Crippen LogP contribution is 2.65. The molecule has 2 aliphatic rings. The largest absolute Gasteiger partial charge is 0.721 e. The van der Waals surface area contributed by atoms with Crippen molar-refractivity contribution in [2.75, 3.05) is 7.05 Å². The summed E-state index contributed by atoms with van der Waals surface area (Å²) in [6, 6.07) is 19.4. The van der Waals surface area contributed by atoms with E-state index in [1.54, 1.807) is 7.05 Å². The Bertz CT molecular complexity index is 783. The van der Waals surface area contributed by atoms with E-state index in [-0.39, 0.29) is 11.8 Å². The lowest BCUT2D eigenvalue weighted by Gasteiger charge is -2.59. The number of halogens is 2. The normalized spacial score (nSPS) is 30.6. The molecule has 2 aliphatic carbocycles. The Morgan fingerprint density at radius 1 is 1.04 bits per heavy atom. The van der Waals surface area contributed by atoms with Crippen LogP contribution in [0.3, 0.4) is 0 Å². The number of rotatable bonds is 5. The molecule has 0 N–H and O–H groups in total. The topological polar surface area (TPSA) is 21.6 Å². The number of benzene rings is 2. The van der Waals surface area contributed by atoms with Gasteiger partial charge in [-0.1, -0.05) is 67.1 Å². The van der Waals surface area contributed by atoms with Crippen molar-refractivity contribution in [3.05, 3.63) is 71.8 Å². The maximum atomic E-state index is 13.6. The lowest BCUT2D eigenvalue weighted by Crippen LogP contribution is -2.63. The van der Waals surface area contributed by atoms with Crippen molar-refractivity contribution in [1.82, 2.24) is 0 Å². The molecule has 2 unspecified atom stereocenters. The van der Waals surface area contributed by atoms with Crippen LogP contribution in [0.1, 0.15) is 30.4 Å². The van der Waals surface area contributed by atoms with E-state index in [2.05, 4.69) is 4.99 Å². The lowest BCUT2D eigenvalue weighted by atomic mass is 9.50. The van der Waals surface area contributed by atoms with Gasteiger partial charge in [0, 0.05) is 18.7 Å². The number of nitrogens with zero attached hydrogens (tertiary/aromatic N) is 1. The molecule has 0 aromatic heterocycles. The third-order valence-corrected chi connectivity index (χ3v) is 6.12. The van der Waals surface area contributed by atoms with Crippen LogP contribution in [-0.2, 0) is 10.3 Å². The molecular formula is C21H22BF2NO. The summed E-state index contributed by atoms with van der Waals surface area (Å²) in [6.07, 6.45) is 3.02. The fourth-order valence-corrected chi connectivity index (χ4v) is 5.28. The van der Waals surface area contributed by atoms with Crippen LogP contribution >= 0.6 is 0 Å². The van der Waals surface area contributed by atoms with Gasteiger partial charge >= 0.3 is 7.47 Å². The molecule has 0 spiro atoms. The molecule has 0 bridgehead atoms. The molecule has 26 heavy (non-hydrogen) atoms. The maximum absolute atomic E-state index is 13.6. The van der Waals surface area contributed by atoms with Crippen molar-refractivity contribution in [2.24, 2.45) is 22.7 Å². The van der Waals surface area contributed by atoms with Crippen LogP contribution in [0.5, 0.6) is 0 Å². The summed E-state index contributed by atoms with van der Waals surface area (Å²) in [5, 5.41) is 0. The van der Waals surface area contributed by atoms with E-state index in [0.717, 1.165) is 36.1 Å². The molecule has 0 aliphatic heterocycles. The zero-order valence-electron chi connectivity index (χ0n) is 14.8. The Hall–Kier alpha value is -2.01. The first-order valence-electron chi connectivity index (χ1n) is 9.22. The summed E-state index contributed by atoms with van der Waals surface area (Å²) >= 11 is 0. The average Bonchev–Trinajstić information content (AvgIpc) is 3.10. The Morgan fingerprint density at radius 3 is 2.31 bits per heavy atom. The second-order valence-corrected chi connectivity index (χ2v) is 7.19. The molecular weight excluding hydrogens is 331 g/mol. The van der Waals surface area contributed by atoms with Crippen molar-refractivity contribution in [3.63, 3.8) is 0 Å². The van der Waals surface area contributed by atoms with Gasteiger partial charge in [-0.05, 0) is 35.8 Å². The van der Waals surface area contributed by atoms with E-state index >= 15 is 0 Å². The fraction of sp³-hybridized carbons (Fsp3) is 0.381. The van der Waals surface area contributed by atoms with Crippen LogP contribution < -0.4 is 0 Å². The van der Waals surface area contributed by atoms with Gasteiger partial charge in [0.05, 0.1) is 5.60 Å². The molecule has 0 heterocycles. The summed E-state index contributed by atoms with van der Waals surface area (Å²) in [4.78, 5) is 4.56. The maximum Gasteiger partial charge on any atom is 0.721 e. The van der Waals surface area contributed by atoms with E-state index in [1.165, 1.54) is 0 Å². The van der Waals surface area contributed by atoms with Gasteiger partial charge in [-0.2, -0.15) is 0 Å². The minimum Gasteiger partial charge on any atom is -0.368 e. The number of aliphatic imine (C=N–C) groups is 1. The predicted octanol–water partition coefficient (Wildman–Crippen LogP) is 4.99. The monoisotopic (exact) mass is 353 g/mol. The Kier molecular flexibility index (Phi) is 4.66. The van der Waals surface area contributed by atoms with Gasteiger partial charge < -0.3 is 4.65 Å². The molecule has 0 amide bonds. The van der Waals surface area contributed by atoms with Crippen molar-refractivity contribution in [3.8, 4) is 0 Å². The first-order valence-corrected chi connectivity index (χ1v) is 9.22. The van der Waals surface area contributed by atoms with Gasteiger partial charge in [0.2, 0.25) is 0 Å². The van der Waals surface area contributed by atoms with Crippen molar-refractivity contribution in [1.29, 1.82) is 0 Å². The van der Waals surface area contributed by atoms with Crippen molar-refractivity contribution >= 4 is 13.2 Å². The summed E-state index contributed by atoms with van der Waals surface area (Å²) in [6.45, 7) is 0. The van der Waals surface area contributed by atoms with E-state index in [4.69, 9.17) is 4.65 Å². The molecule has 5 heteroatoms. The van der Waals surface area contributed by atoms with Gasteiger partial charge in [-0.15, -0.1) is 0 Å². The van der Waals surface area contributed by atoms with Gasteiger partial charge in [0.25, 0.3) is 0 Å². The molecule has 2 aromatic rings. The molecule has 2 aromatic carbocycles. The van der Waals surface area contributed by atoms with Gasteiger partial charge in [-0.3, -0.25) is 13.6 Å². The van der Waals surface area contributed by atoms with Crippen LogP contribution in [0.4, 0.5) is 8.63 Å². The van der Waals surface area contributed by atoms with Crippen LogP contribution in [0.2, 0.25) is 0 Å². The van der Waals surface area contributed by atoms with Gasteiger partial charge in [-0.25, -0.2) is 0 Å². The smallest absolute Gasteiger partial charge is 0.368 e. The standard InChI is InChI=1S/C21H22BF2NO/c1-25-20(15-9-4-2-5-10-15)19-17-13-8-14-18(17)21(19,26-22(23)24)16-11-6-3-7-12-16/h2-7,9-12,17-19H,8,13-14H2,1H3/t17?,18?,19-,21-/m0/s1. The second-order valence-electron chi connectivity index (χ2n) is 7.19. The Morgan fingerprint density at radius 2 is 1.69 bits per heavy atom. The van der Waals surface area contributed by atoms with Crippen LogP contribution in [0, 0.1) is 17.8 Å². The zero-order chi connectivity index (χ0) is 18.1. The number of hydrogen-bond acceptors (Lipinski definition) is 2. The highest BCUT2D eigenvalue weighted by Gasteiger charge is 2.67. The molecule has 0 saturated heterocycles. The third kappa shape index (κ3) is 2.61. The average molecular weight is 353 g/mol. The molecule has 134 valence electrons. The highest BCUT2D eigenvalue weighted by molar-refractivity contribution is 6.34. The first kappa shape index (κ1) is 17.4. The molecule has 4 atom stereocenters. The summed E-state index contributed by atoms with van der Waals surface area (Å²) in [7, 11) is -1.06. The molecule has 0 radical (unpaired) electrons. The summed E-state index contributed by atoms with van der Waals surface area (Å²) in [5.41, 5.74) is 1.70. The fourth-order valence-electron chi connectivity index (χ4n) is 5.28. The minimum atomic E-state index is -2.81. The summed E-state index contributed by atoms with van der Waals surface area (Å²) < 4.78 is 32.6. The third-order valence-electron chi connectivity index (χ3n) is 6.12. The Labute approximate surface area is 153 Å². The quantitative estimate of drug-likeness (QED) is 0.548. The second kappa shape index (κ2) is 6.95. The first-order chi connectivity index (χ1) is 12.7. The number of fused-ring (bicyclic) bond motifs is 1. The van der Waals surface area contributed by atoms with E-state index < -0.39 is 13.1 Å². The zero-order valence-corrected chi connectivity index (χ0v) is 14.8. The number of hydrogen-bond donors (Lipinski definition) is 0. The Balaban J connectivity index is 1.85. The van der Waals surface area contributed by atoms with Crippen LogP contribution in [0.15, 0.2) is 65.7 Å². The van der Waals surface area contributed by atoms with Crippen molar-refractivity contribution in [2.45, 2.75) is 24.9 Å². The summed E-state index contributed by atoms with van der Waals surface area (Å²) in [5.74, 6) is 0.302. The van der Waals surface area contributed by atoms with Crippen molar-refractivity contribution < 1.29 is 13.3 Å². The van der Waals surface area contributed by atoms with Crippen LogP contribution in [0.25, 0.3) is 0 Å². The van der Waals surface area contributed by atoms with Gasteiger partial charge in [0.1, 0.15) is 0 Å². The van der Waals surface area contributed by atoms with Gasteiger partial charge in [0.15, 0.2) is 0 Å². The van der Waals surface area contributed by atoms with E-state index in [1.807, 2.05) is 60.7 Å². The highest BCUT2D eigenvalue weighted by atomic mass is 19.2. The van der Waals surface area contributed by atoms with E-state index in [0.29, 0.717) is 5.92 Å². The molecule has 4 rings (SSSR count).